The predicted octanol–water partition coefficient (Wildman–Crippen LogP) is 2.63. The predicted molar refractivity (Wildman–Crippen MR) is 96.9 cm³/mol. The zero-order valence-electron chi connectivity index (χ0n) is 13.8. The van der Waals surface area contributed by atoms with Gasteiger partial charge in [0.25, 0.3) is 5.56 Å². The molecule has 3 aliphatic rings. The number of aromatic nitrogens is 4. The molecule has 6 nitrogen and oxygen atoms in total. The molecule has 0 aromatic carbocycles. The fourth-order valence-electron chi connectivity index (χ4n) is 4.99. The van der Waals surface area contributed by atoms with Crippen molar-refractivity contribution in [3.8, 4) is 10.4 Å². The lowest BCUT2D eigenvalue weighted by atomic mass is 9.99. The highest BCUT2D eigenvalue weighted by molar-refractivity contribution is 7.22. The fourth-order valence-corrected chi connectivity index (χ4v) is 6.21. The lowest BCUT2D eigenvalue weighted by molar-refractivity contribution is 0.295. The van der Waals surface area contributed by atoms with Gasteiger partial charge in [0.2, 0.25) is 0 Å². The molecule has 25 heavy (non-hydrogen) atoms. The molecule has 2 saturated heterocycles. The van der Waals surface area contributed by atoms with Crippen LogP contribution in [0.2, 0.25) is 0 Å². The van der Waals surface area contributed by atoms with Crippen LogP contribution in [0.1, 0.15) is 42.4 Å². The number of fused-ring (bicyclic) bond motifs is 7. The summed E-state index contributed by atoms with van der Waals surface area (Å²) in [5.74, 6) is 1.54. The highest BCUT2D eigenvalue weighted by Gasteiger charge is 2.42. The number of hydrogen-bond donors (Lipinski definition) is 2. The molecule has 1 aliphatic carbocycles. The minimum Gasteiger partial charge on any atom is -0.308 e. The van der Waals surface area contributed by atoms with Crippen LogP contribution in [-0.4, -0.2) is 38.2 Å². The van der Waals surface area contributed by atoms with E-state index < -0.39 is 0 Å². The third-order valence-corrected chi connectivity index (χ3v) is 7.41. The van der Waals surface area contributed by atoms with Crippen molar-refractivity contribution in [2.24, 2.45) is 5.92 Å². The van der Waals surface area contributed by atoms with Crippen molar-refractivity contribution in [1.29, 1.82) is 0 Å². The summed E-state index contributed by atoms with van der Waals surface area (Å²) < 4.78 is 0.767. The topological polar surface area (TPSA) is 77.7 Å². The van der Waals surface area contributed by atoms with E-state index in [0.29, 0.717) is 12.0 Å². The molecule has 5 heterocycles. The van der Waals surface area contributed by atoms with Crippen molar-refractivity contribution >= 4 is 21.6 Å². The average molecular weight is 353 g/mol. The lowest BCUT2D eigenvalue weighted by Crippen LogP contribution is -2.23. The molecule has 0 amide bonds. The zero-order chi connectivity index (χ0) is 16.5. The normalized spacial score (nSPS) is 27.4. The molecule has 2 fully saturated rings. The van der Waals surface area contributed by atoms with Crippen LogP contribution in [0.15, 0.2) is 11.0 Å². The van der Waals surface area contributed by atoms with Crippen LogP contribution in [0.4, 0.5) is 0 Å². The maximum atomic E-state index is 12.8. The molecule has 3 aromatic rings. The van der Waals surface area contributed by atoms with Crippen molar-refractivity contribution in [2.45, 2.75) is 38.1 Å². The Morgan fingerprint density at radius 3 is 2.92 bits per heavy atom. The lowest BCUT2D eigenvalue weighted by Gasteiger charge is -2.17. The standard InChI is InChI=1S/C18H19N5OS/c24-18-16-13(20-17(21-18)14-9-4-6-23(14)7-5-9)10-2-1-3-12-11(8-19-22-12)15(10)25-16/h8-9,14H,1-7H2,(H,19,22)(H,20,21,24). The van der Waals surface area contributed by atoms with Gasteiger partial charge < -0.3 is 4.98 Å². The van der Waals surface area contributed by atoms with Gasteiger partial charge in [-0.15, -0.1) is 11.3 Å². The fraction of sp³-hybridized carbons (Fsp3) is 0.500. The van der Waals surface area contributed by atoms with Crippen molar-refractivity contribution in [3.05, 3.63) is 33.6 Å². The van der Waals surface area contributed by atoms with E-state index in [1.807, 2.05) is 6.20 Å². The Bertz CT molecular complexity index is 1030. The molecule has 1 unspecified atom stereocenters. The second-order valence-corrected chi connectivity index (χ2v) is 8.48. The summed E-state index contributed by atoms with van der Waals surface area (Å²) in [6.07, 6.45) is 7.43. The van der Waals surface area contributed by atoms with Crippen LogP contribution < -0.4 is 5.56 Å². The van der Waals surface area contributed by atoms with Gasteiger partial charge in [-0.1, -0.05) is 0 Å². The Morgan fingerprint density at radius 1 is 1.24 bits per heavy atom. The zero-order valence-corrected chi connectivity index (χ0v) is 14.7. The Kier molecular flexibility index (Phi) is 2.85. The molecule has 7 heteroatoms. The summed E-state index contributed by atoms with van der Waals surface area (Å²) in [6, 6.07) is 0.308. The molecular weight excluding hydrogens is 334 g/mol. The van der Waals surface area contributed by atoms with Gasteiger partial charge in [-0.05, 0) is 56.7 Å². The Hall–Kier alpha value is -1.99. The first-order chi connectivity index (χ1) is 12.3. The van der Waals surface area contributed by atoms with E-state index in [0.717, 1.165) is 59.7 Å². The molecule has 1 atom stereocenters. The molecule has 128 valence electrons. The number of H-pyrrole nitrogens is 2. The van der Waals surface area contributed by atoms with E-state index >= 15 is 0 Å². The number of piperidine rings is 1. The molecule has 0 radical (unpaired) electrons. The highest BCUT2D eigenvalue weighted by Crippen LogP contribution is 2.45. The summed E-state index contributed by atoms with van der Waals surface area (Å²) in [7, 11) is 0. The highest BCUT2D eigenvalue weighted by atomic mass is 32.1. The first-order valence-electron chi connectivity index (χ1n) is 9.12. The molecule has 2 N–H and O–H groups in total. The van der Waals surface area contributed by atoms with Crippen molar-refractivity contribution < 1.29 is 0 Å². The minimum absolute atomic E-state index is 0.0237. The third kappa shape index (κ3) is 1.91. The summed E-state index contributed by atoms with van der Waals surface area (Å²) in [6.45, 7) is 2.27. The molecule has 2 aliphatic heterocycles. The Balaban J connectivity index is 1.58. The maximum absolute atomic E-state index is 12.8. The van der Waals surface area contributed by atoms with Crippen LogP contribution in [-0.2, 0) is 12.8 Å². The van der Waals surface area contributed by atoms with Gasteiger partial charge in [-0.2, -0.15) is 5.10 Å². The molecular formula is C18H19N5OS. The number of aromatic amines is 2. The van der Waals surface area contributed by atoms with Gasteiger partial charge in [0.15, 0.2) is 0 Å². The molecule has 0 saturated carbocycles. The van der Waals surface area contributed by atoms with Gasteiger partial charge in [0, 0.05) is 16.6 Å². The van der Waals surface area contributed by atoms with Crippen molar-refractivity contribution in [2.75, 3.05) is 13.1 Å². The largest absolute Gasteiger partial charge is 0.308 e. The van der Waals surface area contributed by atoms with Crippen molar-refractivity contribution in [3.63, 3.8) is 0 Å². The van der Waals surface area contributed by atoms with Gasteiger partial charge >= 0.3 is 0 Å². The van der Waals surface area contributed by atoms with Gasteiger partial charge in [-0.25, -0.2) is 4.98 Å². The number of aryl methyl sites for hydroxylation is 2. The van der Waals surface area contributed by atoms with Crippen LogP contribution in [0.5, 0.6) is 0 Å². The number of rotatable bonds is 1. The second kappa shape index (κ2) is 5.02. The van der Waals surface area contributed by atoms with Gasteiger partial charge in [0.1, 0.15) is 10.5 Å². The summed E-state index contributed by atoms with van der Waals surface area (Å²) in [4.78, 5) is 24.6. The second-order valence-electron chi connectivity index (χ2n) is 7.46. The summed E-state index contributed by atoms with van der Waals surface area (Å²) in [5, 5.41) is 7.37. The number of thiophene rings is 1. The summed E-state index contributed by atoms with van der Waals surface area (Å²) in [5.41, 5.74) is 4.46. The Labute approximate surface area is 148 Å². The monoisotopic (exact) mass is 353 g/mol. The maximum Gasteiger partial charge on any atom is 0.268 e. The van der Waals surface area contributed by atoms with E-state index in [-0.39, 0.29) is 5.56 Å². The van der Waals surface area contributed by atoms with Crippen LogP contribution >= 0.6 is 11.3 Å². The van der Waals surface area contributed by atoms with Crippen molar-refractivity contribution in [1.82, 2.24) is 25.1 Å². The van der Waals surface area contributed by atoms with E-state index in [9.17, 15) is 4.79 Å². The molecule has 6 rings (SSSR count). The third-order valence-electron chi connectivity index (χ3n) is 6.16. The first kappa shape index (κ1) is 14.2. The average Bonchev–Trinajstić information content (AvgIpc) is 3.37. The molecule has 3 aromatic heterocycles. The van der Waals surface area contributed by atoms with E-state index in [2.05, 4.69) is 20.1 Å². The van der Waals surface area contributed by atoms with Crippen LogP contribution in [0, 0.1) is 5.92 Å². The van der Waals surface area contributed by atoms with Crippen LogP contribution in [0.25, 0.3) is 20.7 Å². The number of hydrogen-bond acceptors (Lipinski definition) is 5. The van der Waals surface area contributed by atoms with Gasteiger partial charge in [-0.3, -0.25) is 14.8 Å². The molecule has 2 bridgehead atoms. The summed E-state index contributed by atoms with van der Waals surface area (Å²) >= 11 is 1.58. The Morgan fingerprint density at radius 2 is 2.12 bits per heavy atom. The SMILES string of the molecule is O=c1[nH]c(C2C3CCN2CC3)nc2c3c(sc12)-c1c[nH]nc1CCC3. The van der Waals surface area contributed by atoms with E-state index in [1.165, 1.54) is 23.3 Å². The van der Waals surface area contributed by atoms with Gasteiger partial charge in [0.05, 0.1) is 17.3 Å². The molecule has 0 spiro atoms. The number of nitrogens with zero attached hydrogens (tertiary/aromatic N) is 3. The quantitative estimate of drug-likeness (QED) is 0.705. The van der Waals surface area contributed by atoms with E-state index in [4.69, 9.17) is 4.98 Å². The first-order valence-corrected chi connectivity index (χ1v) is 9.94. The van der Waals surface area contributed by atoms with E-state index in [1.54, 1.807) is 11.3 Å². The van der Waals surface area contributed by atoms with Crippen LogP contribution in [0.3, 0.4) is 0 Å². The number of nitrogens with one attached hydrogen (secondary N) is 2. The minimum atomic E-state index is 0.0237. The smallest absolute Gasteiger partial charge is 0.268 e.